The van der Waals surface area contributed by atoms with Gasteiger partial charge in [0.25, 0.3) is 0 Å². The molecule has 0 bridgehead atoms. The van der Waals surface area contributed by atoms with Crippen LogP contribution in [0, 0.1) is 6.92 Å². The summed E-state index contributed by atoms with van der Waals surface area (Å²) in [6.45, 7) is 1.81. The minimum atomic E-state index is -0.890. The van der Waals surface area contributed by atoms with E-state index in [0.717, 1.165) is 25.0 Å². The second-order valence-electron chi connectivity index (χ2n) is 4.33. The lowest BCUT2D eigenvalue weighted by atomic mass is 10.1. The van der Waals surface area contributed by atoms with E-state index >= 15 is 0 Å². The number of rotatable bonds is 3. The Morgan fingerprint density at radius 1 is 1.25 bits per heavy atom. The molecule has 0 unspecified atom stereocenters. The van der Waals surface area contributed by atoms with Gasteiger partial charge < -0.3 is 5.11 Å². The highest BCUT2D eigenvalue weighted by atomic mass is 32.2. The van der Waals surface area contributed by atoms with Crippen LogP contribution in [0.15, 0.2) is 51.7 Å². The molecular weight excluding hydrogens is 290 g/mol. The third-order valence-electron chi connectivity index (χ3n) is 2.91. The number of carbonyl (C=O) groups is 1. The van der Waals surface area contributed by atoms with Crippen LogP contribution in [0.25, 0.3) is 10.2 Å². The summed E-state index contributed by atoms with van der Waals surface area (Å²) in [4.78, 5) is 16.6. The molecule has 5 heteroatoms. The summed E-state index contributed by atoms with van der Waals surface area (Å²) in [6.07, 6.45) is 0. The number of hydrogen-bond donors (Lipinski definition) is 1. The Morgan fingerprint density at radius 2 is 2.05 bits per heavy atom. The van der Waals surface area contributed by atoms with Gasteiger partial charge in [0.1, 0.15) is 0 Å². The number of nitrogens with zero attached hydrogens (tertiary/aromatic N) is 1. The van der Waals surface area contributed by atoms with Gasteiger partial charge in [0.2, 0.25) is 0 Å². The molecule has 20 heavy (non-hydrogen) atoms. The zero-order valence-electron chi connectivity index (χ0n) is 10.7. The molecule has 0 aliphatic carbocycles. The van der Waals surface area contributed by atoms with Gasteiger partial charge in [-0.15, -0.1) is 11.3 Å². The molecular formula is C15H11NO2S2. The molecule has 1 N–H and O–H groups in total. The number of carboxylic acids is 1. The molecule has 3 aromatic rings. The number of thiazole rings is 1. The first-order valence-electron chi connectivity index (χ1n) is 6.01. The second kappa shape index (κ2) is 5.26. The Hall–Kier alpha value is -1.85. The topological polar surface area (TPSA) is 50.2 Å². The van der Waals surface area contributed by atoms with Crippen LogP contribution < -0.4 is 0 Å². The van der Waals surface area contributed by atoms with Crippen molar-refractivity contribution in [1.29, 1.82) is 0 Å². The van der Waals surface area contributed by atoms with Crippen LogP contribution in [0.2, 0.25) is 0 Å². The predicted molar refractivity (Wildman–Crippen MR) is 81.9 cm³/mol. The molecule has 0 saturated heterocycles. The van der Waals surface area contributed by atoms with Crippen molar-refractivity contribution in [3.05, 3.63) is 53.6 Å². The molecule has 100 valence electrons. The number of carboxylic acid groups (broad SMARTS) is 1. The summed E-state index contributed by atoms with van der Waals surface area (Å²) in [6, 6.07) is 13.4. The number of fused-ring (bicyclic) bond motifs is 1. The van der Waals surface area contributed by atoms with Gasteiger partial charge in [-0.2, -0.15) is 0 Å². The fourth-order valence-electron chi connectivity index (χ4n) is 1.94. The van der Waals surface area contributed by atoms with E-state index < -0.39 is 5.97 Å². The van der Waals surface area contributed by atoms with Crippen LogP contribution in [-0.4, -0.2) is 16.1 Å². The molecule has 1 aromatic heterocycles. The van der Waals surface area contributed by atoms with Crippen molar-refractivity contribution in [3.63, 3.8) is 0 Å². The minimum absolute atomic E-state index is 0.346. The normalized spacial score (nSPS) is 10.8. The van der Waals surface area contributed by atoms with Gasteiger partial charge in [0.05, 0.1) is 15.8 Å². The quantitative estimate of drug-likeness (QED) is 0.776. The first-order valence-corrected chi connectivity index (χ1v) is 7.64. The van der Waals surface area contributed by atoms with E-state index in [1.807, 2.05) is 37.3 Å². The smallest absolute Gasteiger partial charge is 0.335 e. The van der Waals surface area contributed by atoms with E-state index in [9.17, 15) is 4.79 Å². The molecule has 0 amide bonds. The lowest BCUT2D eigenvalue weighted by Crippen LogP contribution is -1.98. The third-order valence-corrected chi connectivity index (χ3v) is 4.99. The van der Waals surface area contributed by atoms with Crippen molar-refractivity contribution < 1.29 is 9.90 Å². The van der Waals surface area contributed by atoms with E-state index in [2.05, 4.69) is 11.1 Å². The fraction of sp³-hybridized carbons (Fsp3) is 0.0667. The molecule has 0 radical (unpaired) electrons. The zero-order chi connectivity index (χ0) is 14.1. The first-order chi connectivity index (χ1) is 9.63. The summed E-state index contributed by atoms with van der Waals surface area (Å²) < 4.78 is 2.13. The number of aryl methyl sites for hydroxylation is 1. The highest BCUT2D eigenvalue weighted by Crippen LogP contribution is 2.34. The standard InChI is InChI=1S/C15H11NO2S2/c1-9-8-10(6-7-11(9)14(17)18)19-15-16-12-4-2-3-5-13(12)20-15/h2-8H,1H3,(H,17,18). The maximum Gasteiger partial charge on any atom is 0.335 e. The average molecular weight is 301 g/mol. The molecule has 3 nitrogen and oxygen atoms in total. The van der Waals surface area contributed by atoms with Crippen molar-refractivity contribution in [1.82, 2.24) is 4.98 Å². The highest BCUT2D eigenvalue weighted by molar-refractivity contribution is 8.01. The maximum atomic E-state index is 11.0. The summed E-state index contributed by atoms with van der Waals surface area (Å²) in [5, 5.41) is 9.02. The largest absolute Gasteiger partial charge is 0.478 e. The van der Waals surface area contributed by atoms with Gasteiger partial charge in [-0.3, -0.25) is 0 Å². The summed E-state index contributed by atoms with van der Waals surface area (Å²) in [5.74, 6) is -0.890. The lowest BCUT2D eigenvalue weighted by Gasteiger charge is -2.03. The molecule has 2 aromatic carbocycles. The van der Waals surface area contributed by atoms with Gasteiger partial charge in [0, 0.05) is 4.90 Å². The Balaban J connectivity index is 1.90. The Bertz CT molecular complexity index is 762. The molecule has 0 aliphatic rings. The Morgan fingerprint density at radius 3 is 2.75 bits per heavy atom. The number of para-hydroxylation sites is 1. The van der Waals surface area contributed by atoms with Crippen LogP contribution in [-0.2, 0) is 0 Å². The first kappa shape index (κ1) is 13.1. The van der Waals surface area contributed by atoms with E-state index in [4.69, 9.17) is 5.11 Å². The van der Waals surface area contributed by atoms with Crippen molar-refractivity contribution in [2.24, 2.45) is 0 Å². The molecule has 0 aliphatic heterocycles. The maximum absolute atomic E-state index is 11.0. The van der Waals surface area contributed by atoms with Crippen molar-refractivity contribution in [3.8, 4) is 0 Å². The van der Waals surface area contributed by atoms with E-state index in [-0.39, 0.29) is 0 Å². The molecule has 0 spiro atoms. The number of aromatic carboxylic acids is 1. The van der Waals surface area contributed by atoms with E-state index in [1.165, 1.54) is 0 Å². The van der Waals surface area contributed by atoms with Crippen LogP contribution >= 0.6 is 23.1 Å². The summed E-state index contributed by atoms with van der Waals surface area (Å²) >= 11 is 3.21. The highest BCUT2D eigenvalue weighted by Gasteiger charge is 2.09. The SMILES string of the molecule is Cc1cc(Sc2nc3ccccc3s2)ccc1C(=O)O. The second-order valence-corrected chi connectivity index (χ2v) is 6.68. The third kappa shape index (κ3) is 2.55. The summed E-state index contributed by atoms with van der Waals surface area (Å²) in [5.41, 5.74) is 2.11. The number of aromatic nitrogens is 1. The predicted octanol–water partition coefficient (Wildman–Crippen LogP) is 4.45. The number of benzene rings is 2. The van der Waals surface area contributed by atoms with Gasteiger partial charge >= 0.3 is 5.97 Å². The Kier molecular flexibility index (Phi) is 3.46. The zero-order valence-corrected chi connectivity index (χ0v) is 12.3. The van der Waals surface area contributed by atoms with Gasteiger partial charge in [-0.1, -0.05) is 23.9 Å². The van der Waals surface area contributed by atoms with E-state index in [1.54, 1.807) is 29.2 Å². The van der Waals surface area contributed by atoms with Crippen molar-refractivity contribution >= 4 is 39.3 Å². The van der Waals surface area contributed by atoms with Gasteiger partial charge in [0.15, 0.2) is 4.34 Å². The molecule has 0 saturated carbocycles. The van der Waals surface area contributed by atoms with Crippen LogP contribution in [0.4, 0.5) is 0 Å². The lowest BCUT2D eigenvalue weighted by molar-refractivity contribution is 0.0696. The monoisotopic (exact) mass is 301 g/mol. The Labute approximate surface area is 124 Å². The molecule has 0 atom stereocenters. The fourth-order valence-corrected chi connectivity index (χ4v) is 4.07. The number of hydrogen-bond acceptors (Lipinski definition) is 4. The van der Waals surface area contributed by atoms with Crippen LogP contribution in [0.1, 0.15) is 15.9 Å². The van der Waals surface area contributed by atoms with Crippen LogP contribution in [0.5, 0.6) is 0 Å². The van der Waals surface area contributed by atoms with Gasteiger partial charge in [-0.25, -0.2) is 9.78 Å². The molecule has 0 fully saturated rings. The van der Waals surface area contributed by atoms with Crippen molar-refractivity contribution in [2.75, 3.05) is 0 Å². The minimum Gasteiger partial charge on any atom is -0.478 e. The molecule has 3 rings (SSSR count). The van der Waals surface area contributed by atoms with Gasteiger partial charge in [-0.05, 0) is 42.8 Å². The van der Waals surface area contributed by atoms with Crippen LogP contribution in [0.3, 0.4) is 0 Å². The van der Waals surface area contributed by atoms with E-state index in [0.29, 0.717) is 5.56 Å². The molecule has 1 heterocycles. The van der Waals surface area contributed by atoms with Crippen molar-refractivity contribution in [2.45, 2.75) is 16.2 Å². The summed E-state index contributed by atoms with van der Waals surface area (Å²) in [7, 11) is 0. The average Bonchev–Trinajstić information content (AvgIpc) is 2.80.